The minimum Gasteiger partial charge on any atom is -0.269 e. The normalized spacial score (nSPS) is 27.5. The lowest BCUT2D eigenvalue weighted by Gasteiger charge is -2.01. The molecule has 1 aliphatic heterocycles. The molecule has 1 unspecified atom stereocenters. The monoisotopic (exact) mass is 134 g/mol. The number of oxime groups is 1. The molecule has 0 radical (unpaired) electrons. The first-order valence-electron chi connectivity index (χ1n) is 2.09. The van der Waals surface area contributed by atoms with Crippen molar-refractivity contribution in [1.82, 2.24) is 4.31 Å². The lowest BCUT2D eigenvalue weighted by molar-refractivity contribution is 0.380. The van der Waals surface area contributed by atoms with Crippen molar-refractivity contribution < 1.29 is 8.49 Å². The fourth-order valence-corrected chi connectivity index (χ4v) is 0.822. The van der Waals surface area contributed by atoms with E-state index in [2.05, 4.69) is 9.44 Å². The maximum Gasteiger partial charge on any atom is 0.340 e. The van der Waals surface area contributed by atoms with Crippen LogP contribution < -0.4 is 0 Å². The molecule has 0 spiro atoms. The molecule has 8 heavy (non-hydrogen) atoms. The second kappa shape index (κ2) is 1.74. The molecule has 0 aromatic rings. The van der Waals surface area contributed by atoms with E-state index >= 15 is 0 Å². The standard InChI is InChI=1S/C3H6N2O2S/c1-3-4-7-8(6)5(3)2/h1-2H3. The van der Waals surface area contributed by atoms with E-state index in [9.17, 15) is 4.21 Å². The van der Waals surface area contributed by atoms with E-state index in [1.807, 2.05) is 0 Å². The van der Waals surface area contributed by atoms with Gasteiger partial charge in [0, 0.05) is 7.05 Å². The predicted molar refractivity (Wildman–Crippen MR) is 30.1 cm³/mol. The fourth-order valence-electron chi connectivity index (χ4n) is 0.301. The molecule has 1 rings (SSSR count). The molecule has 5 heteroatoms. The van der Waals surface area contributed by atoms with Crippen molar-refractivity contribution in [3.05, 3.63) is 0 Å². The summed E-state index contributed by atoms with van der Waals surface area (Å²) < 4.78 is 16.3. The quantitative estimate of drug-likeness (QED) is 0.462. The molecule has 0 N–H and O–H groups in total. The van der Waals surface area contributed by atoms with Gasteiger partial charge >= 0.3 is 11.3 Å². The Balaban J connectivity index is 2.72. The minimum atomic E-state index is -1.37. The van der Waals surface area contributed by atoms with E-state index in [0.717, 1.165) is 0 Å². The van der Waals surface area contributed by atoms with Gasteiger partial charge in [-0.3, -0.25) is 4.28 Å². The van der Waals surface area contributed by atoms with Crippen molar-refractivity contribution in [3.8, 4) is 0 Å². The second-order valence-corrected chi connectivity index (χ2v) is 2.56. The largest absolute Gasteiger partial charge is 0.340 e. The highest BCUT2D eigenvalue weighted by atomic mass is 32.2. The van der Waals surface area contributed by atoms with Gasteiger partial charge in [0.25, 0.3) is 0 Å². The smallest absolute Gasteiger partial charge is 0.269 e. The van der Waals surface area contributed by atoms with Gasteiger partial charge in [0.2, 0.25) is 0 Å². The molecule has 0 fully saturated rings. The molecule has 1 heterocycles. The predicted octanol–water partition coefficient (Wildman–Crippen LogP) is -0.139. The van der Waals surface area contributed by atoms with Gasteiger partial charge in [-0.05, 0) is 6.92 Å². The van der Waals surface area contributed by atoms with Crippen molar-refractivity contribution in [2.75, 3.05) is 7.05 Å². The van der Waals surface area contributed by atoms with Crippen LogP contribution in [0.15, 0.2) is 5.16 Å². The summed E-state index contributed by atoms with van der Waals surface area (Å²) in [5.74, 6) is 0.642. The van der Waals surface area contributed by atoms with Gasteiger partial charge in [-0.25, -0.2) is 4.31 Å². The van der Waals surface area contributed by atoms with Gasteiger partial charge in [-0.2, -0.15) is 4.21 Å². The van der Waals surface area contributed by atoms with Gasteiger partial charge in [0.05, 0.1) is 0 Å². The molecular weight excluding hydrogens is 128 g/mol. The minimum absolute atomic E-state index is 0.642. The van der Waals surface area contributed by atoms with Crippen LogP contribution in [0.25, 0.3) is 0 Å². The molecule has 0 aromatic carbocycles. The summed E-state index contributed by atoms with van der Waals surface area (Å²) in [5, 5.41) is 3.44. The van der Waals surface area contributed by atoms with Crippen LogP contribution in [0, 0.1) is 0 Å². The zero-order valence-electron chi connectivity index (χ0n) is 4.62. The lowest BCUT2D eigenvalue weighted by atomic mass is 10.7. The number of rotatable bonds is 0. The van der Waals surface area contributed by atoms with Gasteiger partial charge in [0.15, 0.2) is 5.84 Å². The van der Waals surface area contributed by atoms with Gasteiger partial charge in [0.1, 0.15) is 0 Å². The second-order valence-electron chi connectivity index (χ2n) is 1.43. The zero-order valence-corrected chi connectivity index (χ0v) is 5.44. The van der Waals surface area contributed by atoms with Gasteiger partial charge in [-0.1, -0.05) is 5.16 Å². The Morgan fingerprint density at radius 3 is 2.62 bits per heavy atom. The van der Waals surface area contributed by atoms with E-state index in [-0.39, 0.29) is 0 Å². The molecule has 0 bridgehead atoms. The van der Waals surface area contributed by atoms with E-state index in [1.165, 1.54) is 4.31 Å². The fraction of sp³-hybridized carbons (Fsp3) is 0.667. The molecule has 0 amide bonds. The summed E-state index contributed by atoms with van der Waals surface area (Å²) in [4.78, 5) is 0. The third-order valence-electron chi connectivity index (χ3n) is 0.912. The molecule has 0 saturated carbocycles. The summed E-state index contributed by atoms with van der Waals surface area (Å²) in [6, 6.07) is 0. The Kier molecular flexibility index (Phi) is 1.21. The van der Waals surface area contributed by atoms with Crippen LogP contribution in [0.4, 0.5) is 0 Å². The molecule has 0 saturated heterocycles. The maximum absolute atomic E-state index is 10.5. The van der Waals surface area contributed by atoms with Crippen LogP contribution in [0.3, 0.4) is 0 Å². The molecule has 46 valence electrons. The maximum atomic E-state index is 10.5. The first-order valence-corrected chi connectivity index (χ1v) is 3.12. The molecule has 0 aliphatic carbocycles. The first kappa shape index (κ1) is 5.55. The molecule has 1 aliphatic rings. The van der Waals surface area contributed by atoms with Crippen LogP contribution in [0.2, 0.25) is 0 Å². The SMILES string of the molecule is CC1=NOS(=O)N1C. The third kappa shape index (κ3) is 0.686. The molecule has 0 aromatic heterocycles. The average molecular weight is 134 g/mol. The Morgan fingerprint density at radius 1 is 1.88 bits per heavy atom. The molecule has 1 atom stereocenters. The van der Waals surface area contributed by atoms with E-state index in [1.54, 1.807) is 14.0 Å². The highest BCUT2D eigenvalue weighted by Crippen LogP contribution is 2.04. The van der Waals surface area contributed by atoms with Crippen molar-refractivity contribution in [2.45, 2.75) is 6.92 Å². The molecular formula is C3H6N2O2S. The summed E-state index contributed by atoms with van der Waals surface area (Å²) in [6.45, 7) is 1.73. The van der Waals surface area contributed by atoms with E-state index in [4.69, 9.17) is 0 Å². The number of nitrogens with zero attached hydrogens (tertiary/aromatic N) is 2. The number of hydrogen-bond acceptors (Lipinski definition) is 3. The van der Waals surface area contributed by atoms with Crippen LogP contribution in [-0.4, -0.2) is 21.4 Å². The summed E-state index contributed by atoms with van der Waals surface area (Å²) in [5.41, 5.74) is 0. The Morgan fingerprint density at radius 2 is 2.50 bits per heavy atom. The number of hydrogen-bond donors (Lipinski definition) is 0. The van der Waals surface area contributed by atoms with Crippen molar-refractivity contribution in [3.63, 3.8) is 0 Å². The average Bonchev–Trinajstić information content (AvgIpc) is 1.98. The van der Waals surface area contributed by atoms with Crippen LogP contribution in [-0.2, 0) is 15.6 Å². The van der Waals surface area contributed by atoms with Crippen molar-refractivity contribution >= 4 is 17.1 Å². The first-order chi connectivity index (χ1) is 3.72. The van der Waals surface area contributed by atoms with Crippen LogP contribution in [0.1, 0.15) is 6.92 Å². The Labute approximate surface area is 49.9 Å². The summed E-state index contributed by atoms with van der Waals surface area (Å²) in [7, 11) is 1.65. The van der Waals surface area contributed by atoms with Crippen LogP contribution >= 0.6 is 0 Å². The number of amidine groups is 1. The van der Waals surface area contributed by atoms with E-state index in [0.29, 0.717) is 5.84 Å². The lowest BCUT2D eigenvalue weighted by Crippen LogP contribution is -2.19. The van der Waals surface area contributed by atoms with Gasteiger partial charge in [-0.15, -0.1) is 0 Å². The Hall–Kier alpha value is -0.580. The molecule has 4 nitrogen and oxygen atoms in total. The zero-order chi connectivity index (χ0) is 6.15. The van der Waals surface area contributed by atoms with Crippen LogP contribution in [0.5, 0.6) is 0 Å². The van der Waals surface area contributed by atoms with Crippen molar-refractivity contribution in [2.24, 2.45) is 5.16 Å². The highest BCUT2D eigenvalue weighted by molar-refractivity contribution is 7.78. The topological polar surface area (TPSA) is 41.9 Å². The van der Waals surface area contributed by atoms with E-state index < -0.39 is 11.3 Å². The summed E-state index contributed by atoms with van der Waals surface area (Å²) >= 11 is -1.37. The highest BCUT2D eigenvalue weighted by Gasteiger charge is 2.17. The van der Waals surface area contributed by atoms with Crippen molar-refractivity contribution in [1.29, 1.82) is 0 Å². The Bertz CT molecular complexity index is 155. The summed E-state index contributed by atoms with van der Waals surface area (Å²) in [6.07, 6.45) is 0. The third-order valence-corrected chi connectivity index (χ3v) is 1.83. The van der Waals surface area contributed by atoms with Gasteiger partial charge < -0.3 is 0 Å².